The zero-order valence-electron chi connectivity index (χ0n) is 13.9. The van der Waals surface area contributed by atoms with Crippen molar-refractivity contribution in [3.8, 4) is 0 Å². The summed E-state index contributed by atoms with van der Waals surface area (Å²) in [6.07, 6.45) is 2.84. The number of nitrogens with one attached hydrogen (secondary N) is 1. The van der Waals surface area contributed by atoms with Crippen LogP contribution in [0.15, 0.2) is 45.4 Å². The van der Waals surface area contributed by atoms with Crippen molar-refractivity contribution in [1.82, 2.24) is 4.31 Å². The van der Waals surface area contributed by atoms with Gasteiger partial charge in [0.25, 0.3) is 11.8 Å². The fraction of sp³-hybridized carbons (Fsp3) is 0.250. The molecule has 0 saturated heterocycles. The Balaban J connectivity index is 2.14. The lowest BCUT2D eigenvalue weighted by atomic mass is 10.2. The molecule has 1 aromatic heterocycles. The van der Waals surface area contributed by atoms with Crippen LogP contribution in [0.3, 0.4) is 0 Å². The largest absolute Gasteiger partial charge is 0.469 e. The molecule has 128 valence electrons. The van der Waals surface area contributed by atoms with Crippen LogP contribution in [-0.2, 0) is 9.92 Å². The predicted octanol–water partition coefficient (Wildman–Crippen LogP) is 2.55. The number of hydrogen-bond donors (Lipinski definition) is 1. The quantitative estimate of drug-likeness (QED) is 0.918. The topological polar surface area (TPSA) is 92.0 Å². The summed E-state index contributed by atoms with van der Waals surface area (Å²) in [7, 11) is 0.455. The van der Waals surface area contributed by atoms with Gasteiger partial charge in [0.05, 0.1) is 11.8 Å². The number of amides is 2. The number of carbonyl (C=O) groups excluding carboxylic acids is 2. The molecule has 0 aliphatic carbocycles. The summed E-state index contributed by atoms with van der Waals surface area (Å²) in [6, 6.07) is 7.80. The van der Waals surface area contributed by atoms with Crippen LogP contribution in [0.4, 0.5) is 5.69 Å². The second-order valence-electron chi connectivity index (χ2n) is 5.39. The first kappa shape index (κ1) is 17.9. The van der Waals surface area contributed by atoms with Crippen molar-refractivity contribution in [2.45, 2.75) is 6.92 Å². The van der Waals surface area contributed by atoms with Crippen LogP contribution < -0.4 is 5.32 Å². The molecule has 24 heavy (non-hydrogen) atoms. The average Bonchev–Trinajstić information content (AvgIpc) is 2.93. The summed E-state index contributed by atoms with van der Waals surface area (Å²) in [5, 5.41) is 2.71. The van der Waals surface area contributed by atoms with Gasteiger partial charge in [0, 0.05) is 31.6 Å². The zero-order valence-corrected chi connectivity index (χ0v) is 14.7. The van der Waals surface area contributed by atoms with E-state index in [1.165, 1.54) is 29.0 Å². The summed E-state index contributed by atoms with van der Waals surface area (Å²) in [6.45, 7) is 1.70. The van der Waals surface area contributed by atoms with Gasteiger partial charge in [-0.2, -0.15) is 0 Å². The van der Waals surface area contributed by atoms with Gasteiger partial charge in [-0.05, 0) is 37.3 Å². The normalized spacial score (nSPS) is 13.4. The molecule has 1 N–H and O–H groups in total. The Morgan fingerprint density at radius 2 is 1.79 bits per heavy atom. The van der Waals surface area contributed by atoms with Gasteiger partial charge in [0.15, 0.2) is 0 Å². The highest BCUT2D eigenvalue weighted by Gasteiger charge is 2.13. The molecule has 7 nitrogen and oxygen atoms in total. The zero-order chi connectivity index (χ0) is 17.9. The van der Waals surface area contributed by atoms with E-state index in [9.17, 15) is 13.8 Å². The summed E-state index contributed by atoms with van der Waals surface area (Å²) in [5.74, 6) is -0.339. The molecule has 0 spiro atoms. The highest BCUT2D eigenvalue weighted by Crippen LogP contribution is 2.15. The number of benzene rings is 1. The maximum atomic E-state index is 12.1. The van der Waals surface area contributed by atoms with Crippen LogP contribution in [0, 0.1) is 6.92 Å². The van der Waals surface area contributed by atoms with Crippen molar-refractivity contribution < 1.29 is 18.2 Å². The molecule has 0 saturated carbocycles. The monoisotopic (exact) mass is 349 g/mol. The molecule has 0 fully saturated rings. The molecule has 0 radical (unpaired) electrons. The Morgan fingerprint density at radius 1 is 1.17 bits per heavy atom. The SMILES string of the molecule is Cc1occc1C(=O)Nc1ccc(C(=O)N=S(C)(=O)N(C)C)cc1. The number of anilines is 1. The lowest BCUT2D eigenvalue weighted by Crippen LogP contribution is -2.21. The van der Waals surface area contributed by atoms with Crippen molar-refractivity contribution in [2.24, 2.45) is 4.36 Å². The third-order valence-corrected chi connectivity index (χ3v) is 5.28. The molecule has 2 amide bonds. The third-order valence-electron chi connectivity index (χ3n) is 3.42. The van der Waals surface area contributed by atoms with Crippen LogP contribution in [0.5, 0.6) is 0 Å². The highest BCUT2D eigenvalue weighted by atomic mass is 32.2. The van der Waals surface area contributed by atoms with Gasteiger partial charge in [-0.3, -0.25) is 9.59 Å². The number of hydrogen-bond acceptors (Lipinski definition) is 4. The number of nitrogens with zero attached hydrogens (tertiary/aromatic N) is 2. The van der Waals surface area contributed by atoms with E-state index in [1.54, 1.807) is 39.2 Å². The minimum absolute atomic E-state index is 0.295. The number of aryl methyl sites for hydroxylation is 1. The van der Waals surface area contributed by atoms with Gasteiger partial charge in [-0.15, -0.1) is 4.36 Å². The second kappa shape index (κ2) is 6.98. The van der Waals surface area contributed by atoms with Crippen LogP contribution in [0.1, 0.15) is 26.5 Å². The van der Waals surface area contributed by atoms with Gasteiger partial charge >= 0.3 is 0 Å². The predicted molar refractivity (Wildman–Crippen MR) is 92.4 cm³/mol. The van der Waals surface area contributed by atoms with Crippen molar-refractivity contribution >= 4 is 27.4 Å². The number of furan rings is 1. The van der Waals surface area contributed by atoms with E-state index in [0.29, 0.717) is 22.6 Å². The minimum atomic E-state index is -2.73. The Labute approximate surface area is 141 Å². The van der Waals surface area contributed by atoms with E-state index < -0.39 is 15.8 Å². The lowest BCUT2D eigenvalue weighted by molar-refractivity contribution is 0.100. The second-order valence-corrected chi connectivity index (χ2v) is 7.83. The molecule has 1 aromatic carbocycles. The van der Waals surface area contributed by atoms with E-state index in [0.717, 1.165) is 0 Å². The van der Waals surface area contributed by atoms with Gasteiger partial charge in [0.1, 0.15) is 15.7 Å². The van der Waals surface area contributed by atoms with Gasteiger partial charge in [0.2, 0.25) is 0 Å². The van der Waals surface area contributed by atoms with Crippen LogP contribution in [0.25, 0.3) is 0 Å². The minimum Gasteiger partial charge on any atom is -0.469 e. The molecular weight excluding hydrogens is 330 g/mol. The summed E-state index contributed by atoms with van der Waals surface area (Å²) in [4.78, 5) is 24.1. The van der Waals surface area contributed by atoms with E-state index in [4.69, 9.17) is 4.42 Å². The first-order valence-corrected chi connectivity index (χ1v) is 8.98. The molecule has 1 unspecified atom stereocenters. The maximum absolute atomic E-state index is 12.1. The van der Waals surface area contributed by atoms with Crippen molar-refractivity contribution in [3.05, 3.63) is 53.5 Å². The van der Waals surface area contributed by atoms with Gasteiger partial charge in [-0.1, -0.05) is 0 Å². The summed E-state index contributed by atoms with van der Waals surface area (Å²) < 4.78 is 22.3. The van der Waals surface area contributed by atoms with E-state index in [-0.39, 0.29) is 5.91 Å². The molecule has 1 heterocycles. The molecule has 2 rings (SSSR count). The van der Waals surface area contributed by atoms with Crippen LogP contribution >= 0.6 is 0 Å². The summed E-state index contributed by atoms with van der Waals surface area (Å²) >= 11 is 0. The fourth-order valence-electron chi connectivity index (χ4n) is 1.80. The smallest absolute Gasteiger partial charge is 0.286 e. The molecule has 0 aliphatic rings. The standard InChI is InChI=1S/C16H19N3O4S/c1-11-14(9-10-23-11)16(21)17-13-7-5-12(6-8-13)15(20)18-24(4,22)19(2)3/h5-10H,1-4H3,(H,17,21). The van der Waals surface area contributed by atoms with Crippen LogP contribution in [0.2, 0.25) is 0 Å². The molecular formula is C16H19N3O4S. The Bertz CT molecular complexity index is 875. The average molecular weight is 349 g/mol. The summed E-state index contributed by atoms with van der Waals surface area (Å²) in [5.41, 5.74) is 1.27. The van der Waals surface area contributed by atoms with E-state index in [1.807, 2.05) is 0 Å². The van der Waals surface area contributed by atoms with E-state index in [2.05, 4.69) is 9.68 Å². The first-order valence-electron chi connectivity index (χ1n) is 7.10. The van der Waals surface area contributed by atoms with Crippen molar-refractivity contribution in [1.29, 1.82) is 0 Å². The molecule has 1 atom stereocenters. The first-order chi connectivity index (χ1) is 11.2. The van der Waals surface area contributed by atoms with Crippen molar-refractivity contribution in [2.75, 3.05) is 25.7 Å². The fourth-order valence-corrected chi connectivity index (χ4v) is 2.38. The van der Waals surface area contributed by atoms with Gasteiger partial charge in [-0.25, -0.2) is 8.51 Å². The molecule has 0 bridgehead atoms. The highest BCUT2D eigenvalue weighted by molar-refractivity contribution is 7.90. The molecule has 2 aromatic rings. The molecule has 0 aliphatic heterocycles. The van der Waals surface area contributed by atoms with Crippen molar-refractivity contribution in [3.63, 3.8) is 0 Å². The Morgan fingerprint density at radius 3 is 2.29 bits per heavy atom. The Hall–Kier alpha value is -2.45. The van der Waals surface area contributed by atoms with E-state index >= 15 is 0 Å². The number of carbonyl (C=O) groups is 2. The number of rotatable bonds is 4. The third kappa shape index (κ3) is 4.09. The molecule has 8 heteroatoms. The lowest BCUT2D eigenvalue weighted by Gasteiger charge is -2.11. The van der Waals surface area contributed by atoms with Gasteiger partial charge < -0.3 is 9.73 Å². The maximum Gasteiger partial charge on any atom is 0.286 e. The Kier molecular flexibility index (Phi) is 5.20. The van der Waals surface area contributed by atoms with Crippen LogP contribution in [-0.4, -0.2) is 40.7 Å².